The van der Waals surface area contributed by atoms with Crippen LogP contribution in [-0.4, -0.2) is 26.8 Å². The van der Waals surface area contributed by atoms with Crippen molar-refractivity contribution < 1.29 is 9.53 Å². The number of nitrogens with one attached hydrogen (secondary N) is 1. The van der Waals surface area contributed by atoms with Gasteiger partial charge in [-0.1, -0.05) is 29.8 Å². The number of hydrogen-bond donors (Lipinski definition) is 1. The molecule has 4 saturated carbocycles. The first kappa shape index (κ1) is 22.3. The number of nitrogens with zero attached hydrogens (tertiary/aromatic N) is 3. The average molecular weight is 471 g/mol. The lowest BCUT2D eigenvalue weighted by Crippen LogP contribution is -2.51. The second-order valence-electron chi connectivity index (χ2n) is 11.4. The van der Waals surface area contributed by atoms with Gasteiger partial charge in [0, 0.05) is 11.3 Å². The van der Waals surface area contributed by atoms with E-state index in [4.69, 9.17) is 4.74 Å². The van der Waals surface area contributed by atoms with Crippen LogP contribution in [0.25, 0.3) is 17.1 Å². The van der Waals surface area contributed by atoms with Crippen molar-refractivity contribution in [2.45, 2.75) is 65.4 Å². The number of rotatable bonds is 6. The maximum absolute atomic E-state index is 13.4. The van der Waals surface area contributed by atoms with Crippen molar-refractivity contribution in [1.82, 2.24) is 14.8 Å². The predicted octanol–water partition coefficient (Wildman–Crippen LogP) is 6.18. The standard InChI is InChI=1S/C29H34N4O2/c1-18(2)35-28-31-26(23-6-4-19(3)5-7-23)33(32-28)25-10-8-24(9-11-25)30-27(34)29-15-20-12-21(16-29)14-22(13-20)17-29/h4-11,18,20-22H,12-17H2,1-3H3,(H,30,34). The Morgan fingerprint density at radius 1 is 0.971 bits per heavy atom. The number of benzene rings is 2. The summed E-state index contributed by atoms with van der Waals surface area (Å²) in [7, 11) is 0. The summed E-state index contributed by atoms with van der Waals surface area (Å²) < 4.78 is 7.61. The molecule has 0 radical (unpaired) electrons. The first-order chi connectivity index (χ1) is 16.9. The minimum Gasteiger partial charge on any atom is -0.460 e. The summed E-state index contributed by atoms with van der Waals surface area (Å²) in [5.41, 5.74) is 3.73. The van der Waals surface area contributed by atoms with Crippen molar-refractivity contribution in [3.63, 3.8) is 0 Å². The van der Waals surface area contributed by atoms with Crippen LogP contribution in [0.5, 0.6) is 6.01 Å². The SMILES string of the molecule is Cc1ccc(-c2nc(OC(C)C)nn2-c2ccc(NC(=O)C34CC5CC(CC(C5)C3)C4)cc2)cc1. The fraction of sp³-hybridized carbons (Fsp3) is 0.483. The third-order valence-electron chi connectivity index (χ3n) is 8.13. The fourth-order valence-electron chi connectivity index (χ4n) is 6.96. The van der Waals surface area contributed by atoms with Crippen LogP contribution in [0.1, 0.15) is 57.9 Å². The summed E-state index contributed by atoms with van der Waals surface area (Å²) in [6, 6.07) is 16.5. The first-order valence-corrected chi connectivity index (χ1v) is 13.0. The number of carbonyl (C=O) groups is 1. The van der Waals surface area contributed by atoms with Crippen LogP contribution in [-0.2, 0) is 4.79 Å². The highest BCUT2D eigenvalue weighted by molar-refractivity contribution is 5.95. The van der Waals surface area contributed by atoms with Gasteiger partial charge >= 0.3 is 6.01 Å². The number of ether oxygens (including phenoxy) is 1. The molecule has 4 fully saturated rings. The molecule has 182 valence electrons. The molecule has 4 aliphatic rings. The number of anilines is 1. The van der Waals surface area contributed by atoms with Crippen LogP contribution in [0.2, 0.25) is 0 Å². The van der Waals surface area contributed by atoms with Gasteiger partial charge in [0.1, 0.15) is 0 Å². The molecule has 1 amide bonds. The molecule has 0 spiro atoms. The Bertz CT molecular complexity index is 1190. The van der Waals surface area contributed by atoms with E-state index in [0.717, 1.165) is 59.8 Å². The third kappa shape index (κ3) is 4.24. The number of aryl methyl sites for hydroxylation is 1. The van der Waals surface area contributed by atoms with Crippen molar-refractivity contribution in [1.29, 1.82) is 0 Å². The van der Waals surface area contributed by atoms with Crippen molar-refractivity contribution in [2.75, 3.05) is 5.32 Å². The molecule has 1 aromatic heterocycles. The molecule has 0 saturated heterocycles. The van der Waals surface area contributed by atoms with E-state index >= 15 is 0 Å². The Morgan fingerprint density at radius 2 is 1.57 bits per heavy atom. The largest absolute Gasteiger partial charge is 0.460 e. The zero-order chi connectivity index (χ0) is 24.2. The number of hydrogen-bond acceptors (Lipinski definition) is 4. The highest BCUT2D eigenvalue weighted by atomic mass is 16.5. The fourth-order valence-corrected chi connectivity index (χ4v) is 6.96. The third-order valence-corrected chi connectivity index (χ3v) is 8.13. The summed E-state index contributed by atoms with van der Waals surface area (Å²) in [6.07, 6.45) is 7.21. The summed E-state index contributed by atoms with van der Waals surface area (Å²) in [5.74, 6) is 3.21. The molecule has 6 heteroatoms. The van der Waals surface area contributed by atoms with E-state index in [1.54, 1.807) is 0 Å². The average Bonchev–Trinajstić information content (AvgIpc) is 3.22. The maximum Gasteiger partial charge on any atom is 0.336 e. The van der Waals surface area contributed by atoms with Gasteiger partial charge in [-0.25, -0.2) is 4.68 Å². The summed E-state index contributed by atoms with van der Waals surface area (Å²) in [5, 5.41) is 7.89. The van der Waals surface area contributed by atoms with Gasteiger partial charge in [-0.2, -0.15) is 4.98 Å². The molecule has 4 bridgehead atoms. The Hall–Kier alpha value is -3.15. The lowest BCUT2D eigenvalue weighted by Gasteiger charge is -2.55. The Morgan fingerprint density at radius 3 is 2.14 bits per heavy atom. The Kier molecular flexibility index (Phi) is 5.42. The van der Waals surface area contributed by atoms with Gasteiger partial charge in [0.15, 0.2) is 5.82 Å². The number of carbonyl (C=O) groups excluding carboxylic acids is 1. The van der Waals surface area contributed by atoms with E-state index in [2.05, 4.69) is 46.6 Å². The lowest BCUT2D eigenvalue weighted by atomic mass is 9.49. The lowest BCUT2D eigenvalue weighted by molar-refractivity contribution is -0.140. The molecule has 1 heterocycles. The number of amides is 1. The molecule has 4 aliphatic carbocycles. The van der Waals surface area contributed by atoms with Crippen molar-refractivity contribution >= 4 is 11.6 Å². The van der Waals surface area contributed by atoms with Gasteiger partial charge in [-0.15, -0.1) is 5.10 Å². The van der Waals surface area contributed by atoms with E-state index < -0.39 is 0 Å². The van der Waals surface area contributed by atoms with Crippen LogP contribution in [0.15, 0.2) is 48.5 Å². The quantitative estimate of drug-likeness (QED) is 0.467. The van der Waals surface area contributed by atoms with Crippen molar-refractivity contribution in [3.8, 4) is 23.1 Å². The zero-order valence-corrected chi connectivity index (χ0v) is 20.8. The molecule has 0 atom stereocenters. The van der Waals surface area contributed by atoms with Crippen molar-refractivity contribution in [2.24, 2.45) is 23.2 Å². The van der Waals surface area contributed by atoms with Gasteiger partial charge in [-0.05, 0) is 101 Å². The molecular weight excluding hydrogens is 436 g/mol. The van der Waals surface area contributed by atoms with Gasteiger partial charge in [0.25, 0.3) is 0 Å². The predicted molar refractivity (Wildman–Crippen MR) is 137 cm³/mol. The topological polar surface area (TPSA) is 69.0 Å². The Labute approximate surface area is 207 Å². The normalized spacial score (nSPS) is 26.8. The zero-order valence-electron chi connectivity index (χ0n) is 20.8. The van der Waals surface area contributed by atoms with E-state index in [1.807, 2.05) is 42.8 Å². The second-order valence-corrected chi connectivity index (χ2v) is 11.4. The summed E-state index contributed by atoms with van der Waals surface area (Å²) in [4.78, 5) is 18.1. The van der Waals surface area contributed by atoms with Crippen molar-refractivity contribution in [3.05, 3.63) is 54.1 Å². The monoisotopic (exact) mass is 470 g/mol. The minimum absolute atomic E-state index is 0.0149. The minimum atomic E-state index is -0.152. The van der Waals surface area contributed by atoms with E-state index in [9.17, 15) is 4.79 Å². The first-order valence-electron chi connectivity index (χ1n) is 13.0. The van der Waals surface area contributed by atoms with Gasteiger partial charge in [0.2, 0.25) is 5.91 Å². The molecule has 1 N–H and O–H groups in total. The van der Waals surface area contributed by atoms with Crippen LogP contribution in [0.4, 0.5) is 5.69 Å². The molecule has 0 unspecified atom stereocenters. The molecule has 3 aromatic rings. The van der Waals surface area contributed by atoms with Gasteiger partial charge in [-0.3, -0.25) is 4.79 Å². The van der Waals surface area contributed by atoms with E-state index in [-0.39, 0.29) is 17.4 Å². The van der Waals surface area contributed by atoms with E-state index in [1.165, 1.54) is 24.8 Å². The van der Waals surface area contributed by atoms with Crippen LogP contribution in [0, 0.1) is 30.1 Å². The van der Waals surface area contributed by atoms with Crippen LogP contribution < -0.4 is 10.1 Å². The molecular formula is C29H34N4O2. The highest BCUT2D eigenvalue weighted by Gasteiger charge is 2.54. The van der Waals surface area contributed by atoms with E-state index in [0.29, 0.717) is 6.01 Å². The summed E-state index contributed by atoms with van der Waals surface area (Å²) in [6.45, 7) is 6.00. The molecule has 35 heavy (non-hydrogen) atoms. The molecule has 0 aliphatic heterocycles. The van der Waals surface area contributed by atoms with Gasteiger partial charge < -0.3 is 10.1 Å². The Balaban J connectivity index is 1.24. The summed E-state index contributed by atoms with van der Waals surface area (Å²) >= 11 is 0. The molecule has 2 aromatic carbocycles. The second kappa shape index (κ2) is 8.51. The highest BCUT2D eigenvalue weighted by Crippen LogP contribution is 2.60. The van der Waals surface area contributed by atoms with Gasteiger partial charge in [0.05, 0.1) is 17.2 Å². The number of aromatic nitrogens is 3. The van der Waals surface area contributed by atoms with Crippen LogP contribution >= 0.6 is 0 Å². The molecule has 7 rings (SSSR count). The smallest absolute Gasteiger partial charge is 0.336 e. The molecule has 6 nitrogen and oxygen atoms in total. The maximum atomic E-state index is 13.4. The van der Waals surface area contributed by atoms with Crippen LogP contribution in [0.3, 0.4) is 0 Å².